The lowest BCUT2D eigenvalue weighted by Crippen LogP contribution is -2.53. The molecule has 30 heavy (non-hydrogen) atoms. The lowest BCUT2D eigenvalue weighted by atomic mass is 10.1. The molecular formula is C23H29FN4O2. The van der Waals surface area contributed by atoms with Gasteiger partial charge in [0.15, 0.2) is 0 Å². The fraction of sp³-hybridized carbons (Fsp3) is 0.391. The summed E-state index contributed by atoms with van der Waals surface area (Å²) in [5.41, 5.74) is 2.19. The molecule has 1 saturated heterocycles. The maximum atomic E-state index is 13.1. The number of nitrogens with zero attached hydrogens (tertiary/aromatic N) is 2. The highest BCUT2D eigenvalue weighted by Gasteiger charge is 2.28. The number of urea groups is 1. The predicted octanol–water partition coefficient (Wildman–Crippen LogP) is 3.70. The normalized spacial score (nSPS) is 17.1. The number of anilines is 1. The lowest BCUT2D eigenvalue weighted by Gasteiger charge is -2.40. The minimum absolute atomic E-state index is 0.0295. The average Bonchev–Trinajstić information content (AvgIpc) is 2.69. The number of hydrogen-bond donors (Lipinski definition) is 2. The fourth-order valence-corrected chi connectivity index (χ4v) is 3.65. The van der Waals surface area contributed by atoms with Crippen molar-refractivity contribution in [2.75, 3.05) is 25.0 Å². The number of piperazine rings is 1. The van der Waals surface area contributed by atoms with Crippen molar-refractivity contribution in [3.8, 4) is 0 Å². The Labute approximate surface area is 177 Å². The minimum Gasteiger partial charge on any atom is -0.336 e. The zero-order valence-electron chi connectivity index (χ0n) is 17.7. The molecule has 0 aromatic heterocycles. The van der Waals surface area contributed by atoms with Gasteiger partial charge in [0, 0.05) is 49.5 Å². The van der Waals surface area contributed by atoms with Crippen LogP contribution in [-0.4, -0.2) is 53.5 Å². The summed E-state index contributed by atoms with van der Waals surface area (Å²) in [6.45, 7) is 8.66. The molecule has 1 aliphatic rings. The van der Waals surface area contributed by atoms with Gasteiger partial charge in [0.25, 0.3) is 5.91 Å². The van der Waals surface area contributed by atoms with Crippen LogP contribution in [0.15, 0.2) is 48.5 Å². The first-order chi connectivity index (χ1) is 14.3. The van der Waals surface area contributed by atoms with Gasteiger partial charge in [0.2, 0.25) is 0 Å². The predicted molar refractivity (Wildman–Crippen MR) is 116 cm³/mol. The average molecular weight is 413 g/mol. The van der Waals surface area contributed by atoms with E-state index in [4.69, 9.17) is 0 Å². The molecule has 160 valence electrons. The molecule has 3 rings (SSSR count). The van der Waals surface area contributed by atoms with Crippen LogP contribution in [0.3, 0.4) is 0 Å². The highest BCUT2D eigenvalue weighted by atomic mass is 19.1. The van der Waals surface area contributed by atoms with Gasteiger partial charge in [-0.15, -0.1) is 0 Å². The molecule has 2 aromatic carbocycles. The molecule has 0 spiro atoms. The maximum absolute atomic E-state index is 13.1. The van der Waals surface area contributed by atoms with E-state index in [9.17, 15) is 14.0 Å². The molecule has 7 heteroatoms. The number of benzene rings is 2. The van der Waals surface area contributed by atoms with E-state index in [1.807, 2.05) is 25.7 Å². The first kappa shape index (κ1) is 21.8. The first-order valence-corrected chi connectivity index (χ1v) is 10.3. The second-order valence-electron chi connectivity index (χ2n) is 8.04. The summed E-state index contributed by atoms with van der Waals surface area (Å²) in [5.74, 6) is -0.280. The van der Waals surface area contributed by atoms with E-state index in [0.29, 0.717) is 17.8 Å². The van der Waals surface area contributed by atoms with E-state index in [-0.39, 0.29) is 29.8 Å². The van der Waals surface area contributed by atoms with Crippen molar-refractivity contribution in [3.63, 3.8) is 0 Å². The van der Waals surface area contributed by atoms with Gasteiger partial charge in [0.05, 0.1) is 0 Å². The minimum atomic E-state index is -0.294. The zero-order chi connectivity index (χ0) is 21.7. The van der Waals surface area contributed by atoms with E-state index in [0.717, 1.165) is 25.2 Å². The van der Waals surface area contributed by atoms with Gasteiger partial charge in [-0.05, 0) is 56.7 Å². The third kappa shape index (κ3) is 5.79. The summed E-state index contributed by atoms with van der Waals surface area (Å²) in [6, 6.07) is 13.3. The molecule has 2 N–H and O–H groups in total. The monoisotopic (exact) mass is 412 g/mol. The number of halogens is 1. The van der Waals surface area contributed by atoms with Crippen LogP contribution in [0, 0.1) is 5.82 Å². The van der Waals surface area contributed by atoms with Crippen LogP contribution in [0.1, 0.15) is 36.7 Å². The van der Waals surface area contributed by atoms with Crippen molar-refractivity contribution in [2.24, 2.45) is 0 Å². The van der Waals surface area contributed by atoms with Crippen LogP contribution in [-0.2, 0) is 6.54 Å². The molecule has 0 saturated carbocycles. The van der Waals surface area contributed by atoms with Crippen LogP contribution in [0.25, 0.3) is 0 Å². The fourth-order valence-electron chi connectivity index (χ4n) is 3.65. The van der Waals surface area contributed by atoms with Crippen molar-refractivity contribution in [2.45, 2.75) is 39.4 Å². The second-order valence-corrected chi connectivity index (χ2v) is 8.04. The number of amides is 3. The van der Waals surface area contributed by atoms with Gasteiger partial charge >= 0.3 is 6.03 Å². The van der Waals surface area contributed by atoms with Gasteiger partial charge < -0.3 is 15.5 Å². The quantitative estimate of drug-likeness (QED) is 0.787. The third-order valence-electron chi connectivity index (χ3n) is 5.08. The molecule has 2 aromatic rings. The molecule has 3 amide bonds. The molecule has 1 aliphatic heterocycles. The summed E-state index contributed by atoms with van der Waals surface area (Å²) in [6.07, 6.45) is 0. The van der Waals surface area contributed by atoms with Crippen LogP contribution in [0.5, 0.6) is 0 Å². The van der Waals surface area contributed by atoms with Gasteiger partial charge in [-0.3, -0.25) is 9.69 Å². The van der Waals surface area contributed by atoms with Gasteiger partial charge in [0.1, 0.15) is 5.82 Å². The first-order valence-electron chi connectivity index (χ1n) is 10.3. The highest BCUT2D eigenvalue weighted by Crippen LogP contribution is 2.18. The molecule has 0 bridgehead atoms. The van der Waals surface area contributed by atoms with Crippen molar-refractivity contribution < 1.29 is 14.0 Å². The Morgan fingerprint density at radius 2 is 1.87 bits per heavy atom. The van der Waals surface area contributed by atoms with E-state index >= 15 is 0 Å². The zero-order valence-corrected chi connectivity index (χ0v) is 17.7. The van der Waals surface area contributed by atoms with E-state index in [1.54, 1.807) is 36.4 Å². The summed E-state index contributed by atoms with van der Waals surface area (Å²) < 4.78 is 13.1. The summed E-state index contributed by atoms with van der Waals surface area (Å²) in [7, 11) is 0. The highest BCUT2D eigenvalue weighted by molar-refractivity contribution is 5.97. The van der Waals surface area contributed by atoms with Crippen molar-refractivity contribution >= 4 is 17.6 Å². The topological polar surface area (TPSA) is 64.7 Å². The smallest absolute Gasteiger partial charge is 0.319 e. The van der Waals surface area contributed by atoms with Gasteiger partial charge in [-0.25, -0.2) is 9.18 Å². The largest absolute Gasteiger partial charge is 0.336 e. The Morgan fingerprint density at radius 1 is 1.13 bits per heavy atom. The SMILES string of the molecule is CC(C)NC(=O)Nc1cccc(C(=O)N2CCN(Cc3ccc(F)cc3)C[C@H]2C)c1. The van der Waals surface area contributed by atoms with Gasteiger partial charge in [-0.1, -0.05) is 18.2 Å². The Kier molecular flexibility index (Phi) is 7.05. The van der Waals surface area contributed by atoms with Crippen molar-refractivity contribution in [3.05, 3.63) is 65.5 Å². The van der Waals surface area contributed by atoms with Crippen molar-refractivity contribution in [1.82, 2.24) is 15.1 Å². The number of rotatable bonds is 5. The summed E-state index contributed by atoms with van der Waals surface area (Å²) >= 11 is 0. The Hall–Kier alpha value is -2.93. The van der Waals surface area contributed by atoms with Crippen LogP contribution >= 0.6 is 0 Å². The molecule has 1 heterocycles. The van der Waals surface area contributed by atoms with Crippen LogP contribution in [0.4, 0.5) is 14.9 Å². The van der Waals surface area contributed by atoms with Gasteiger partial charge in [-0.2, -0.15) is 0 Å². The lowest BCUT2D eigenvalue weighted by molar-refractivity contribution is 0.0475. The molecule has 6 nitrogen and oxygen atoms in total. The number of carbonyl (C=O) groups is 2. The van der Waals surface area contributed by atoms with Crippen LogP contribution in [0.2, 0.25) is 0 Å². The molecule has 0 unspecified atom stereocenters. The van der Waals surface area contributed by atoms with E-state index < -0.39 is 0 Å². The molecule has 0 aliphatic carbocycles. The van der Waals surface area contributed by atoms with E-state index in [1.165, 1.54) is 12.1 Å². The van der Waals surface area contributed by atoms with E-state index in [2.05, 4.69) is 15.5 Å². The maximum Gasteiger partial charge on any atom is 0.319 e. The number of nitrogens with one attached hydrogen (secondary N) is 2. The third-order valence-corrected chi connectivity index (χ3v) is 5.08. The Balaban J connectivity index is 1.60. The summed E-state index contributed by atoms with van der Waals surface area (Å²) in [5, 5.41) is 5.53. The summed E-state index contributed by atoms with van der Waals surface area (Å²) in [4.78, 5) is 29.1. The van der Waals surface area contributed by atoms with Crippen LogP contribution < -0.4 is 10.6 Å². The molecule has 0 radical (unpaired) electrons. The standard InChI is InChI=1S/C23H29FN4O2/c1-16(2)25-23(30)26-21-6-4-5-19(13-21)22(29)28-12-11-27(14-17(28)3)15-18-7-9-20(24)10-8-18/h4-10,13,16-17H,11-12,14-15H2,1-3H3,(H2,25,26,30)/t17-/m1/s1. The second kappa shape index (κ2) is 9.71. The molecular weight excluding hydrogens is 383 g/mol. The van der Waals surface area contributed by atoms with Crippen molar-refractivity contribution in [1.29, 1.82) is 0 Å². The number of hydrogen-bond acceptors (Lipinski definition) is 3. The Bertz CT molecular complexity index is 885. The molecule has 1 atom stereocenters. The Morgan fingerprint density at radius 3 is 2.53 bits per heavy atom. The molecule has 1 fully saturated rings. The number of carbonyl (C=O) groups excluding carboxylic acids is 2.